The average molecular weight is 657 g/mol. The monoisotopic (exact) mass is 656 g/mol. The third kappa shape index (κ3) is 7.21. The van der Waals surface area contributed by atoms with Gasteiger partial charge in [-0.1, -0.05) is 42.1 Å². The third-order valence-corrected chi connectivity index (χ3v) is 8.15. The molecule has 3 aromatic carbocycles. The quantitative estimate of drug-likeness (QED) is 0.202. The van der Waals surface area contributed by atoms with Crippen molar-refractivity contribution >= 4 is 46.5 Å². The number of nitrogens with zero attached hydrogens (tertiary/aromatic N) is 5. The lowest BCUT2D eigenvalue weighted by Crippen LogP contribution is -2.35. The molecule has 2 unspecified atom stereocenters. The summed E-state index contributed by atoms with van der Waals surface area (Å²) in [6.07, 6.45) is -1.27. The van der Waals surface area contributed by atoms with Crippen LogP contribution in [-0.2, 0) is 0 Å². The summed E-state index contributed by atoms with van der Waals surface area (Å²) in [5, 5.41) is 17.9. The van der Waals surface area contributed by atoms with Crippen LogP contribution in [0.3, 0.4) is 0 Å². The number of aryl methyl sites for hydroxylation is 1. The molecule has 4 aromatic rings. The first-order chi connectivity index (χ1) is 21.8. The Morgan fingerprint density at radius 2 is 1.83 bits per heavy atom. The SMILES string of the molecule is Cc1ccc(C2CC2(F)F)c(N2/C(=N/C(=O)Nc3ccc(/C=C/c4ncn(-c5ccc(OC(F)(F)F)cc5)n4)cc3)SCC2O)c1. The van der Waals surface area contributed by atoms with Crippen LogP contribution in [0, 0.1) is 6.92 Å². The minimum absolute atomic E-state index is 0.206. The number of hydrogen-bond acceptors (Lipinski definition) is 6. The number of aromatic nitrogens is 3. The molecule has 1 aliphatic carbocycles. The number of aliphatic imine (C=N–C) groups is 1. The van der Waals surface area contributed by atoms with Crippen molar-refractivity contribution in [3.05, 3.63) is 95.6 Å². The van der Waals surface area contributed by atoms with Crippen molar-refractivity contribution in [2.45, 2.75) is 37.8 Å². The van der Waals surface area contributed by atoms with E-state index in [2.05, 4.69) is 25.1 Å². The van der Waals surface area contributed by atoms with E-state index in [1.54, 1.807) is 54.6 Å². The molecule has 0 spiro atoms. The smallest absolute Gasteiger partial charge is 0.406 e. The summed E-state index contributed by atoms with van der Waals surface area (Å²) in [5.74, 6) is -3.52. The Labute approximate surface area is 263 Å². The number of benzene rings is 3. The zero-order chi connectivity index (χ0) is 32.6. The number of nitrogens with one attached hydrogen (secondary N) is 1. The molecule has 9 nitrogen and oxygen atoms in total. The highest BCUT2D eigenvalue weighted by Gasteiger charge is 2.58. The van der Waals surface area contributed by atoms with Crippen LogP contribution in [0.1, 0.15) is 34.9 Å². The van der Waals surface area contributed by atoms with E-state index in [9.17, 15) is 31.9 Å². The second-order valence-electron chi connectivity index (χ2n) is 10.6. The minimum Gasteiger partial charge on any atom is -0.406 e. The Bertz CT molecular complexity index is 1810. The van der Waals surface area contributed by atoms with Crippen molar-refractivity contribution in [1.29, 1.82) is 0 Å². The van der Waals surface area contributed by atoms with Gasteiger partial charge in [-0.25, -0.2) is 23.2 Å². The second kappa shape index (κ2) is 12.2. The molecule has 2 fully saturated rings. The van der Waals surface area contributed by atoms with Gasteiger partial charge in [-0.15, -0.1) is 18.3 Å². The molecule has 2 amide bonds. The van der Waals surface area contributed by atoms with E-state index < -0.39 is 30.5 Å². The average Bonchev–Trinajstić information content (AvgIpc) is 3.29. The highest BCUT2D eigenvalue weighted by atomic mass is 32.2. The number of aliphatic hydroxyl groups excluding tert-OH is 1. The van der Waals surface area contributed by atoms with E-state index in [0.29, 0.717) is 28.5 Å². The van der Waals surface area contributed by atoms with Gasteiger partial charge in [-0.05, 0) is 72.2 Å². The molecular weight excluding hydrogens is 631 g/mol. The Morgan fingerprint density at radius 3 is 2.50 bits per heavy atom. The number of alkyl halides is 5. The molecule has 2 heterocycles. The number of rotatable bonds is 7. The van der Waals surface area contributed by atoms with Gasteiger partial charge in [0.05, 0.1) is 11.6 Å². The van der Waals surface area contributed by atoms with Crippen molar-refractivity contribution < 1.29 is 36.6 Å². The number of carbonyl (C=O) groups is 1. The van der Waals surface area contributed by atoms with E-state index in [0.717, 1.165) is 22.9 Å². The van der Waals surface area contributed by atoms with E-state index in [4.69, 9.17) is 0 Å². The zero-order valence-electron chi connectivity index (χ0n) is 23.9. The zero-order valence-corrected chi connectivity index (χ0v) is 24.8. The summed E-state index contributed by atoms with van der Waals surface area (Å²) in [6.45, 7) is 1.82. The number of aliphatic hydroxyl groups is 1. The number of halogens is 5. The lowest BCUT2D eigenvalue weighted by Gasteiger charge is -2.25. The number of carbonyl (C=O) groups excluding carboxylic acids is 1. The molecule has 2 aliphatic rings. The number of urea groups is 1. The largest absolute Gasteiger partial charge is 0.573 e. The van der Waals surface area contributed by atoms with Gasteiger partial charge in [0, 0.05) is 23.5 Å². The van der Waals surface area contributed by atoms with Crippen LogP contribution in [0.5, 0.6) is 5.75 Å². The molecule has 2 N–H and O–H groups in total. The summed E-state index contributed by atoms with van der Waals surface area (Å²) in [5.41, 5.74) is 3.35. The van der Waals surface area contributed by atoms with Gasteiger partial charge in [-0.2, -0.15) is 4.99 Å². The molecule has 15 heteroatoms. The normalized spacial score (nSPS) is 20.0. The van der Waals surface area contributed by atoms with Gasteiger partial charge >= 0.3 is 12.4 Å². The lowest BCUT2D eigenvalue weighted by atomic mass is 10.0. The van der Waals surface area contributed by atoms with Crippen molar-refractivity contribution in [3.8, 4) is 11.4 Å². The van der Waals surface area contributed by atoms with Gasteiger partial charge in [0.15, 0.2) is 11.0 Å². The van der Waals surface area contributed by atoms with E-state index in [1.165, 1.54) is 40.2 Å². The van der Waals surface area contributed by atoms with Gasteiger partial charge in [-0.3, -0.25) is 4.90 Å². The summed E-state index contributed by atoms with van der Waals surface area (Å²) in [4.78, 5) is 22.6. The Hall–Kier alpha value is -4.76. The van der Waals surface area contributed by atoms with E-state index >= 15 is 0 Å². The number of amidine groups is 1. The lowest BCUT2D eigenvalue weighted by molar-refractivity contribution is -0.274. The Kier molecular flexibility index (Phi) is 8.29. The summed E-state index contributed by atoms with van der Waals surface area (Å²) < 4.78 is 70.3. The molecule has 1 aromatic heterocycles. The molecule has 1 aliphatic heterocycles. The maximum Gasteiger partial charge on any atom is 0.573 e. The van der Waals surface area contributed by atoms with Gasteiger partial charge in [0.2, 0.25) is 0 Å². The van der Waals surface area contributed by atoms with Gasteiger partial charge < -0.3 is 15.2 Å². The van der Waals surface area contributed by atoms with Crippen LogP contribution in [0.4, 0.5) is 38.1 Å². The first-order valence-corrected chi connectivity index (χ1v) is 14.9. The van der Waals surface area contributed by atoms with Crippen molar-refractivity contribution in [2.24, 2.45) is 4.99 Å². The van der Waals surface area contributed by atoms with Crippen LogP contribution in [0.15, 0.2) is 78.0 Å². The second-order valence-corrected chi connectivity index (χ2v) is 11.6. The van der Waals surface area contributed by atoms with Crippen molar-refractivity contribution in [1.82, 2.24) is 14.8 Å². The summed E-state index contributed by atoms with van der Waals surface area (Å²) in [7, 11) is 0. The highest BCUT2D eigenvalue weighted by Crippen LogP contribution is 2.58. The van der Waals surface area contributed by atoms with Crippen LogP contribution in [0.2, 0.25) is 0 Å². The molecule has 2 atom stereocenters. The maximum absolute atomic E-state index is 14.0. The first kappa shape index (κ1) is 31.2. The van der Waals surface area contributed by atoms with Crippen LogP contribution < -0.4 is 15.0 Å². The molecule has 0 bridgehead atoms. The van der Waals surface area contributed by atoms with Gasteiger partial charge in [0.1, 0.15) is 18.3 Å². The fraction of sp³-hybridized carbons (Fsp3) is 0.226. The molecule has 0 radical (unpaired) electrons. The van der Waals surface area contributed by atoms with Crippen LogP contribution in [0.25, 0.3) is 17.8 Å². The predicted octanol–water partition coefficient (Wildman–Crippen LogP) is 7.23. The Balaban J connectivity index is 1.09. The Morgan fingerprint density at radius 1 is 1.11 bits per heavy atom. The van der Waals surface area contributed by atoms with Crippen molar-refractivity contribution in [3.63, 3.8) is 0 Å². The number of hydrogen-bond donors (Lipinski definition) is 2. The minimum atomic E-state index is -4.78. The molecule has 6 rings (SSSR count). The molecule has 1 saturated carbocycles. The topological polar surface area (TPSA) is 105 Å². The number of amides is 2. The standard InChI is InChI=1S/C31H25F5N6O3S/c1-18-2-12-23(24-15-30(24,32)33)25(14-18)42-27(43)16-46-29(42)39-28(44)38-20-6-3-19(4-7-20)5-13-26-37-17-41(40-26)21-8-10-22(11-9-21)45-31(34,35)36/h2-14,17,24,27,43H,15-16H2,1H3,(H,38,44)/b13-5+,39-29-. The van der Waals surface area contributed by atoms with E-state index in [-0.39, 0.29) is 23.1 Å². The van der Waals surface area contributed by atoms with Crippen LogP contribution in [-0.4, -0.2) is 55.3 Å². The molecular formula is C31H25F5N6O3S. The summed E-state index contributed by atoms with van der Waals surface area (Å²) in [6, 6.07) is 16.4. The molecule has 1 saturated heterocycles. The van der Waals surface area contributed by atoms with Gasteiger partial charge in [0.25, 0.3) is 5.92 Å². The highest BCUT2D eigenvalue weighted by molar-refractivity contribution is 8.14. The predicted molar refractivity (Wildman–Crippen MR) is 164 cm³/mol. The molecule has 46 heavy (non-hydrogen) atoms. The summed E-state index contributed by atoms with van der Waals surface area (Å²) >= 11 is 1.16. The van der Waals surface area contributed by atoms with E-state index in [1.807, 2.05) is 6.92 Å². The van der Waals surface area contributed by atoms with Crippen LogP contribution >= 0.6 is 11.8 Å². The number of anilines is 2. The fourth-order valence-corrected chi connectivity index (χ4v) is 5.80. The fourth-order valence-electron chi connectivity index (χ4n) is 4.84. The van der Waals surface area contributed by atoms with Crippen molar-refractivity contribution in [2.75, 3.05) is 16.0 Å². The number of ether oxygens (including phenoxy) is 1. The maximum atomic E-state index is 14.0. The third-order valence-electron chi connectivity index (χ3n) is 7.14. The molecule has 238 valence electrons. The number of thioether (sulfide) groups is 1. The first-order valence-electron chi connectivity index (χ1n) is 13.9.